The normalized spacial score (nSPS) is 23.0. The number of hydrogen-bond donors (Lipinski definition) is 1. The lowest BCUT2D eigenvalue weighted by atomic mass is 10.0. The molecular weight excluding hydrogens is 367 g/mol. The van der Waals surface area contributed by atoms with Crippen molar-refractivity contribution >= 4 is 23.3 Å². The van der Waals surface area contributed by atoms with Gasteiger partial charge in [-0.3, -0.25) is 4.90 Å². The van der Waals surface area contributed by atoms with Gasteiger partial charge in [-0.25, -0.2) is 9.18 Å². The van der Waals surface area contributed by atoms with Crippen molar-refractivity contribution in [1.82, 2.24) is 5.16 Å². The van der Waals surface area contributed by atoms with Crippen molar-refractivity contribution in [3.8, 4) is 5.75 Å². The van der Waals surface area contributed by atoms with Crippen molar-refractivity contribution in [3.63, 3.8) is 0 Å². The molecule has 0 spiro atoms. The average Bonchev–Trinajstić information content (AvgIpc) is 3.46. The molecule has 28 heavy (non-hydrogen) atoms. The molecule has 2 atom stereocenters. The molecule has 3 aliphatic rings. The van der Waals surface area contributed by atoms with Crippen molar-refractivity contribution < 1.29 is 23.2 Å². The summed E-state index contributed by atoms with van der Waals surface area (Å²) in [5.74, 6) is 0.738. The molecule has 0 saturated carbocycles. The van der Waals surface area contributed by atoms with E-state index in [4.69, 9.17) is 14.0 Å². The number of carbonyl (C=O) groups is 1. The van der Waals surface area contributed by atoms with Crippen LogP contribution in [-0.2, 0) is 11.2 Å². The molecule has 148 valence electrons. The molecule has 9 heteroatoms. The van der Waals surface area contributed by atoms with Gasteiger partial charge in [-0.2, -0.15) is 0 Å². The van der Waals surface area contributed by atoms with Crippen molar-refractivity contribution in [2.75, 3.05) is 41.9 Å². The van der Waals surface area contributed by atoms with E-state index in [0.29, 0.717) is 35.9 Å². The lowest BCUT2D eigenvalue weighted by Gasteiger charge is -2.24. The largest absolute Gasteiger partial charge is 0.494 e. The number of aromatic nitrogens is 1. The number of nitrogens with one attached hydrogen (secondary N) is 1. The molecule has 4 heterocycles. The van der Waals surface area contributed by atoms with E-state index >= 15 is 4.39 Å². The van der Waals surface area contributed by atoms with Crippen LogP contribution in [0.15, 0.2) is 22.9 Å². The minimum Gasteiger partial charge on any atom is -0.494 e. The third kappa shape index (κ3) is 2.56. The van der Waals surface area contributed by atoms with Gasteiger partial charge in [-0.05, 0) is 12.8 Å². The van der Waals surface area contributed by atoms with E-state index in [1.165, 1.54) is 12.3 Å². The molecule has 2 aromatic rings. The van der Waals surface area contributed by atoms with Gasteiger partial charge >= 0.3 is 6.09 Å². The number of carbonyl (C=O) groups excluding carboxylic acids is 1. The molecule has 0 radical (unpaired) electrons. The van der Waals surface area contributed by atoms with Gasteiger partial charge in [0.15, 0.2) is 17.4 Å². The summed E-state index contributed by atoms with van der Waals surface area (Å²) in [4.78, 5) is 16.1. The number of amides is 1. The molecule has 2 fully saturated rings. The summed E-state index contributed by atoms with van der Waals surface area (Å²) in [5, 5.41) is 6.90. The quantitative estimate of drug-likeness (QED) is 0.844. The molecule has 1 aromatic carbocycles. The third-order valence-electron chi connectivity index (χ3n) is 5.72. The van der Waals surface area contributed by atoms with Crippen LogP contribution in [0.25, 0.3) is 0 Å². The Balaban J connectivity index is 1.46. The summed E-state index contributed by atoms with van der Waals surface area (Å²) in [6, 6.07) is 2.92. The zero-order valence-corrected chi connectivity index (χ0v) is 15.5. The van der Waals surface area contributed by atoms with Crippen molar-refractivity contribution in [2.24, 2.45) is 0 Å². The lowest BCUT2D eigenvalue weighted by Crippen LogP contribution is -2.36. The number of hydrogen-bond acceptors (Lipinski definition) is 7. The zero-order chi connectivity index (χ0) is 19.3. The van der Waals surface area contributed by atoms with Gasteiger partial charge < -0.3 is 24.2 Å². The highest BCUT2D eigenvalue weighted by molar-refractivity contribution is 5.95. The number of cyclic esters (lactones) is 1. The summed E-state index contributed by atoms with van der Waals surface area (Å²) in [7, 11) is 1.56. The highest BCUT2D eigenvalue weighted by atomic mass is 19.1. The standard InChI is InChI=1S/C19H21FN4O4/c1-26-18-11-8-14-15(10-21-16-4-7-27-22-16)28-19(25)24(14)13(11)9-12(20)17(18)23-5-2-3-6-23/h4,7,9,14-15H,2-3,5-6,8,10H2,1H3,(H,21,22)/t14-,15-/m0/s1. The minimum absolute atomic E-state index is 0.218. The second-order valence-electron chi connectivity index (χ2n) is 7.26. The monoisotopic (exact) mass is 388 g/mol. The highest BCUT2D eigenvalue weighted by Gasteiger charge is 2.49. The number of benzene rings is 1. The molecule has 0 aliphatic carbocycles. The second kappa shape index (κ2) is 6.57. The maximum atomic E-state index is 15.0. The zero-order valence-electron chi connectivity index (χ0n) is 15.5. The summed E-state index contributed by atoms with van der Waals surface area (Å²) in [6.45, 7) is 2.01. The molecule has 2 saturated heterocycles. The van der Waals surface area contributed by atoms with Gasteiger partial charge in [0.05, 0.1) is 25.4 Å². The van der Waals surface area contributed by atoms with E-state index in [0.717, 1.165) is 31.5 Å². The molecule has 8 nitrogen and oxygen atoms in total. The lowest BCUT2D eigenvalue weighted by molar-refractivity contribution is 0.137. The number of halogens is 1. The molecule has 5 rings (SSSR count). The number of methoxy groups -OCH3 is 1. The average molecular weight is 388 g/mol. The van der Waals surface area contributed by atoms with Gasteiger partial charge in [0.2, 0.25) is 0 Å². The Morgan fingerprint density at radius 1 is 1.39 bits per heavy atom. The first-order chi connectivity index (χ1) is 13.7. The summed E-state index contributed by atoms with van der Waals surface area (Å²) in [6.07, 6.45) is 3.24. The first-order valence-corrected chi connectivity index (χ1v) is 9.45. The van der Waals surface area contributed by atoms with Crippen LogP contribution in [0.2, 0.25) is 0 Å². The fraction of sp³-hybridized carbons (Fsp3) is 0.474. The number of rotatable bonds is 5. The number of nitrogens with zero attached hydrogens (tertiary/aromatic N) is 3. The van der Waals surface area contributed by atoms with Crippen LogP contribution in [0.5, 0.6) is 5.75 Å². The Bertz CT molecular complexity index is 898. The highest BCUT2D eigenvalue weighted by Crippen LogP contribution is 2.48. The Morgan fingerprint density at radius 3 is 2.93 bits per heavy atom. The van der Waals surface area contributed by atoms with E-state index in [1.807, 2.05) is 4.90 Å². The first-order valence-electron chi connectivity index (χ1n) is 9.45. The van der Waals surface area contributed by atoms with Gasteiger partial charge in [0.25, 0.3) is 0 Å². The SMILES string of the molecule is COc1c2c(cc(F)c1N1CCCC1)N1C(=O)O[C@@H](CNc3ccon3)[C@@H]1C2. The van der Waals surface area contributed by atoms with Crippen LogP contribution in [0.3, 0.4) is 0 Å². The van der Waals surface area contributed by atoms with E-state index in [9.17, 15) is 4.79 Å². The van der Waals surface area contributed by atoms with Crippen LogP contribution < -0.4 is 19.9 Å². The molecule has 0 bridgehead atoms. The number of fused-ring (bicyclic) bond motifs is 3. The molecule has 0 unspecified atom stereocenters. The predicted molar refractivity (Wildman–Crippen MR) is 99.6 cm³/mol. The maximum Gasteiger partial charge on any atom is 0.415 e. The fourth-order valence-corrected chi connectivity index (χ4v) is 4.47. The smallest absolute Gasteiger partial charge is 0.415 e. The molecular formula is C19H21FN4O4. The maximum absolute atomic E-state index is 15.0. The van der Waals surface area contributed by atoms with Gasteiger partial charge in [0, 0.05) is 37.2 Å². The van der Waals surface area contributed by atoms with Gasteiger partial charge in [-0.15, -0.1) is 0 Å². The Morgan fingerprint density at radius 2 is 2.21 bits per heavy atom. The Hall–Kier alpha value is -2.97. The van der Waals surface area contributed by atoms with E-state index in [2.05, 4.69) is 10.5 Å². The Kier molecular flexibility index (Phi) is 4.03. The second-order valence-corrected chi connectivity index (χ2v) is 7.26. The van der Waals surface area contributed by atoms with Crippen molar-refractivity contribution in [1.29, 1.82) is 0 Å². The van der Waals surface area contributed by atoms with Gasteiger partial charge in [0.1, 0.15) is 18.1 Å². The summed E-state index contributed by atoms with van der Waals surface area (Å²) >= 11 is 0. The molecule has 1 N–H and O–H groups in total. The van der Waals surface area contributed by atoms with Crippen LogP contribution in [0, 0.1) is 5.82 Å². The van der Waals surface area contributed by atoms with Crippen LogP contribution in [0.1, 0.15) is 18.4 Å². The third-order valence-corrected chi connectivity index (χ3v) is 5.72. The van der Waals surface area contributed by atoms with Crippen molar-refractivity contribution in [2.45, 2.75) is 31.4 Å². The molecule has 1 aromatic heterocycles. The van der Waals surface area contributed by atoms with Crippen LogP contribution in [0.4, 0.5) is 26.4 Å². The van der Waals surface area contributed by atoms with Crippen LogP contribution >= 0.6 is 0 Å². The summed E-state index contributed by atoms with van der Waals surface area (Å²) < 4.78 is 31.0. The van der Waals surface area contributed by atoms with E-state index < -0.39 is 6.09 Å². The number of anilines is 3. The fourth-order valence-electron chi connectivity index (χ4n) is 4.47. The number of ether oxygens (including phenoxy) is 2. The molecule has 1 amide bonds. The van der Waals surface area contributed by atoms with Crippen molar-refractivity contribution in [3.05, 3.63) is 29.8 Å². The first kappa shape index (κ1) is 17.2. The van der Waals surface area contributed by atoms with E-state index in [1.54, 1.807) is 18.1 Å². The molecule has 3 aliphatic heterocycles. The summed E-state index contributed by atoms with van der Waals surface area (Å²) in [5.41, 5.74) is 1.90. The minimum atomic E-state index is -0.467. The van der Waals surface area contributed by atoms with E-state index in [-0.39, 0.29) is 18.0 Å². The predicted octanol–water partition coefficient (Wildman–Crippen LogP) is 2.78. The van der Waals surface area contributed by atoms with Gasteiger partial charge in [-0.1, -0.05) is 5.16 Å². The van der Waals surface area contributed by atoms with Crippen LogP contribution in [-0.4, -0.2) is 50.1 Å². The Labute approximate surface area is 161 Å². The topological polar surface area (TPSA) is 80.1 Å².